The molecule has 1 fully saturated rings. The second-order valence-corrected chi connectivity index (χ2v) is 9.67. The van der Waals surface area contributed by atoms with Gasteiger partial charge >= 0.3 is 5.97 Å². The van der Waals surface area contributed by atoms with E-state index in [1.807, 2.05) is 38.1 Å². The first-order valence-corrected chi connectivity index (χ1v) is 13.8. The van der Waals surface area contributed by atoms with Crippen LogP contribution >= 0.6 is 15.9 Å². The highest BCUT2D eigenvalue weighted by Crippen LogP contribution is 2.21. The molecule has 37 heavy (non-hydrogen) atoms. The topological polar surface area (TPSA) is 120 Å². The molecule has 0 saturated carbocycles. The largest absolute Gasteiger partial charge is 0.476 e. The molecule has 0 aromatic heterocycles. The number of nitrogens with one attached hydrogen (secondary N) is 2. The van der Waals surface area contributed by atoms with Crippen molar-refractivity contribution in [2.24, 2.45) is 4.99 Å². The summed E-state index contributed by atoms with van der Waals surface area (Å²) in [5.74, 6) is -1.79. The SMILES string of the molecule is CC.O=C(O)C1=NC(Br)=CCC=C1NC(=O)c1cccc(S(=O)Nc2ccc(N3CCOCC3)cc2)c1. The number of hydrogen-bond acceptors (Lipinski definition) is 6. The lowest BCUT2D eigenvalue weighted by molar-refractivity contribution is -0.129. The van der Waals surface area contributed by atoms with Crippen molar-refractivity contribution in [1.82, 2.24) is 5.32 Å². The van der Waals surface area contributed by atoms with Gasteiger partial charge in [-0.1, -0.05) is 26.0 Å². The minimum atomic E-state index is -1.61. The van der Waals surface area contributed by atoms with E-state index < -0.39 is 22.9 Å². The molecule has 11 heteroatoms. The van der Waals surface area contributed by atoms with Crippen molar-refractivity contribution >= 4 is 55.9 Å². The van der Waals surface area contributed by atoms with E-state index in [-0.39, 0.29) is 17.0 Å². The van der Waals surface area contributed by atoms with Crippen molar-refractivity contribution in [3.05, 3.63) is 76.5 Å². The van der Waals surface area contributed by atoms with E-state index in [0.29, 0.717) is 34.8 Å². The van der Waals surface area contributed by atoms with Gasteiger partial charge in [-0.05, 0) is 70.9 Å². The van der Waals surface area contributed by atoms with Crippen molar-refractivity contribution in [1.29, 1.82) is 0 Å². The summed E-state index contributed by atoms with van der Waals surface area (Å²) in [4.78, 5) is 31.0. The molecule has 196 valence electrons. The molecule has 4 rings (SSSR count). The number of benzene rings is 2. The molecule has 2 heterocycles. The van der Waals surface area contributed by atoms with E-state index in [0.717, 1.165) is 18.8 Å². The van der Waals surface area contributed by atoms with E-state index in [2.05, 4.69) is 35.9 Å². The van der Waals surface area contributed by atoms with Crippen molar-refractivity contribution in [2.45, 2.75) is 25.2 Å². The second kappa shape index (κ2) is 13.9. The van der Waals surface area contributed by atoms with Gasteiger partial charge in [-0.25, -0.2) is 14.0 Å². The molecule has 2 aliphatic rings. The number of hydrogen-bond donors (Lipinski definition) is 3. The van der Waals surface area contributed by atoms with Gasteiger partial charge in [-0.15, -0.1) is 0 Å². The number of nitrogens with zero attached hydrogens (tertiary/aromatic N) is 2. The Balaban J connectivity index is 0.00000186. The Hall–Kier alpha value is -3.28. The highest BCUT2D eigenvalue weighted by atomic mass is 79.9. The number of carbonyl (C=O) groups excluding carboxylic acids is 1. The average Bonchev–Trinajstić information content (AvgIpc) is 3.11. The summed E-state index contributed by atoms with van der Waals surface area (Å²) in [6, 6.07) is 14.0. The summed E-state index contributed by atoms with van der Waals surface area (Å²) in [6.07, 6.45) is 3.66. The van der Waals surface area contributed by atoms with Crippen LogP contribution in [0.25, 0.3) is 0 Å². The predicted molar refractivity (Wildman–Crippen MR) is 150 cm³/mol. The fourth-order valence-electron chi connectivity index (χ4n) is 3.53. The Kier molecular flexibility index (Phi) is 10.6. The number of carboxylic acids is 1. The molecular weight excluding hydrogens is 560 g/mol. The van der Waals surface area contributed by atoms with Crippen LogP contribution in [0.1, 0.15) is 30.6 Å². The summed E-state index contributed by atoms with van der Waals surface area (Å²) >= 11 is 3.18. The highest BCUT2D eigenvalue weighted by Gasteiger charge is 2.21. The van der Waals surface area contributed by atoms with Crippen LogP contribution in [0.2, 0.25) is 0 Å². The lowest BCUT2D eigenvalue weighted by atomic mass is 10.2. The Morgan fingerprint density at radius 2 is 1.78 bits per heavy atom. The molecule has 2 aliphatic heterocycles. The van der Waals surface area contributed by atoms with Crippen LogP contribution in [-0.2, 0) is 20.5 Å². The number of carboxylic acid groups (broad SMARTS) is 1. The molecule has 3 N–H and O–H groups in total. The van der Waals surface area contributed by atoms with Gasteiger partial charge in [-0.3, -0.25) is 4.79 Å². The van der Waals surface area contributed by atoms with Crippen LogP contribution in [0, 0.1) is 0 Å². The third-order valence-electron chi connectivity index (χ3n) is 5.30. The zero-order valence-corrected chi connectivity index (χ0v) is 23.0. The number of carbonyl (C=O) groups is 2. The number of halogens is 1. The first kappa shape index (κ1) is 28.3. The normalized spacial score (nSPS) is 16.1. The van der Waals surface area contributed by atoms with Gasteiger partial charge in [0.25, 0.3) is 5.91 Å². The zero-order chi connectivity index (χ0) is 26.8. The van der Waals surface area contributed by atoms with Crippen LogP contribution in [0.4, 0.5) is 11.4 Å². The second-order valence-electron chi connectivity index (χ2n) is 7.64. The number of ether oxygens (including phenoxy) is 1. The van der Waals surface area contributed by atoms with E-state index in [4.69, 9.17) is 4.74 Å². The number of anilines is 2. The van der Waals surface area contributed by atoms with E-state index in [1.165, 1.54) is 6.07 Å². The summed E-state index contributed by atoms with van der Waals surface area (Å²) in [5.41, 5.74) is 1.81. The van der Waals surface area contributed by atoms with Crippen LogP contribution in [-0.4, -0.2) is 53.2 Å². The van der Waals surface area contributed by atoms with Gasteiger partial charge in [0, 0.05) is 30.0 Å². The average molecular weight is 590 g/mol. The van der Waals surface area contributed by atoms with Gasteiger partial charge in [-0.2, -0.15) is 0 Å². The number of amides is 1. The van der Waals surface area contributed by atoms with Crippen LogP contribution in [0.5, 0.6) is 0 Å². The summed E-state index contributed by atoms with van der Waals surface area (Å²) in [7, 11) is -1.61. The van der Waals surface area contributed by atoms with E-state index >= 15 is 0 Å². The third-order valence-corrected chi connectivity index (χ3v) is 6.90. The van der Waals surface area contributed by atoms with Gasteiger partial charge in [0.05, 0.1) is 23.8 Å². The molecule has 1 atom stereocenters. The van der Waals surface area contributed by atoms with Gasteiger partial charge in [0.2, 0.25) is 0 Å². The van der Waals surface area contributed by atoms with Crippen LogP contribution in [0.15, 0.2) is 80.9 Å². The molecule has 0 aliphatic carbocycles. The lowest BCUT2D eigenvalue weighted by Gasteiger charge is -2.28. The monoisotopic (exact) mass is 588 g/mol. The Morgan fingerprint density at radius 3 is 2.46 bits per heavy atom. The van der Waals surface area contributed by atoms with Crippen molar-refractivity contribution in [3.8, 4) is 0 Å². The van der Waals surface area contributed by atoms with Crippen molar-refractivity contribution < 1.29 is 23.6 Å². The van der Waals surface area contributed by atoms with E-state index in [9.17, 15) is 18.9 Å². The molecule has 1 amide bonds. The van der Waals surface area contributed by atoms with Gasteiger partial charge in [0.15, 0.2) is 5.71 Å². The molecule has 1 saturated heterocycles. The summed E-state index contributed by atoms with van der Waals surface area (Å²) in [5, 5.41) is 12.1. The number of aliphatic imine (C=N–C) groups is 1. The molecule has 0 bridgehead atoms. The number of rotatable bonds is 7. The molecule has 2 aromatic carbocycles. The molecule has 2 aromatic rings. The number of aliphatic carboxylic acids is 1. The Morgan fingerprint density at radius 1 is 1.08 bits per heavy atom. The van der Waals surface area contributed by atoms with E-state index in [1.54, 1.807) is 30.4 Å². The minimum Gasteiger partial charge on any atom is -0.476 e. The molecule has 0 radical (unpaired) electrons. The molecule has 1 unspecified atom stereocenters. The Bertz CT molecular complexity index is 1240. The first-order valence-electron chi connectivity index (χ1n) is 11.8. The van der Waals surface area contributed by atoms with Gasteiger partial charge in [0.1, 0.15) is 15.6 Å². The number of allylic oxidation sites excluding steroid dienone is 2. The maximum absolute atomic E-state index is 12.9. The summed E-state index contributed by atoms with van der Waals surface area (Å²) in [6.45, 7) is 7.06. The van der Waals surface area contributed by atoms with Crippen molar-refractivity contribution in [2.75, 3.05) is 35.9 Å². The smallest absolute Gasteiger partial charge is 0.356 e. The number of morpholine rings is 1. The maximum Gasteiger partial charge on any atom is 0.356 e. The third kappa shape index (κ3) is 7.85. The highest BCUT2D eigenvalue weighted by molar-refractivity contribution is 9.11. The Labute approximate surface area is 227 Å². The molecular formula is C26H29BrN4O5S. The van der Waals surface area contributed by atoms with Crippen molar-refractivity contribution in [3.63, 3.8) is 0 Å². The standard InChI is InChI=1S/C24H23BrN4O5S.C2H6/c25-21-6-2-5-20(22(27-21)24(31)32)26-23(30)16-3-1-4-19(15-16)35(33)28-17-7-9-18(10-8-17)29-11-13-34-14-12-29;1-2/h1,3-10,15,28H,2,11-14H2,(H,26,30)(H,31,32);1-2H3. The van der Waals surface area contributed by atoms with Gasteiger partial charge < -0.3 is 24.8 Å². The molecule has 0 spiro atoms. The van der Waals surface area contributed by atoms with Crippen LogP contribution < -0.4 is 14.9 Å². The molecule has 9 nitrogen and oxygen atoms in total. The fourth-order valence-corrected chi connectivity index (χ4v) is 4.80. The predicted octanol–water partition coefficient (Wildman–Crippen LogP) is 4.46. The summed E-state index contributed by atoms with van der Waals surface area (Å²) < 4.78 is 21.6. The quantitative estimate of drug-likeness (QED) is 0.411. The first-order chi connectivity index (χ1) is 17.9. The maximum atomic E-state index is 12.9. The zero-order valence-electron chi connectivity index (χ0n) is 20.6. The lowest BCUT2D eigenvalue weighted by Crippen LogP contribution is -2.36. The van der Waals surface area contributed by atoms with Crippen LogP contribution in [0.3, 0.4) is 0 Å². The minimum absolute atomic E-state index is 0.0956. The fraction of sp³-hybridized carbons (Fsp3) is 0.269.